The fourth-order valence-corrected chi connectivity index (χ4v) is 1.67. The normalized spacial score (nSPS) is 18.6. The lowest BCUT2D eigenvalue weighted by molar-refractivity contribution is 0.145. The maximum atomic E-state index is 9.33. The number of aliphatic hydroxyl groups is 1. The molecular weight excluding hydrogens is 202 g/mol. The maximum absolute atomic E-state index is 9.33. The molecule has 0 saturated carbocycles. The van der Waals surface area contributed by atoms with E-state index in [2.05, 4.69) is 15.1 Å². The molecule has 0 amide bonds. The van der Waals surface area contributed by atoms with Gasteiger partial charge in [-0.2, -0.15) is 0 Å². The van der Waals surface area contributed by atoms with Crippen molar-refractivity contribution in [1.82, 2.24) is 10.2 Å². The van der Waals surface area contributed by atoms with Crippen molar-refractivity contribution in [2.24, 2.45) is 0 Å². The Hall–Kier alpha value is -0.870. The van der Waals surface area contributed by atoms with Crippen LogP contribution in [0.15, 0.2) is 12.1 Å². The van der Waals surface area contributed by atoms with Gasteiger partial charge in [0.2, 0.25) is 0 Å². The van der Waals surface area contributed by atoms with Crippen LogP contribution in [0.3, 0.4) is 0 Å². The lowest BCUT2D eigenvalue weighted by Gasteiger charge is -2.29. The van der Waals surface area contributed by atoms with E-state index in [1.807, 2.05) is 6.07 Å². The fraction of sp³-hybridized carbons (Fsp3) is 0.556. The molecule has 1 aliphatic heterocycles. The van der Waals surface area contributed by atoms with Crippen LogP contribution in [0.5, 0.6) is 0 Å². The summed E-state index contributed by atoms with van der Waals surface area (Å²) in [6.07, 6.45) is 1.43. The molecule has 0 unspecified atom stereocenters. The highest BCUT2D eigenvalue weighted by molar-refractivity contribution is 6.29. The minimum absolute atomic E-state index is 0.161. The van der Waals surface area contributed by atoms with E-state index in [1.54, 1.807) is 6.07 Å². The summed E-state index contributed by atoms with van der Waals surface area (Å²) in [7, 11) is 0. The third-order valence-electron chi connectivity index (χ3n) is 2.41. The van der Waals surface area contributed by atoms with E-state index in [9.17, 15) is 5.11 Å². The molecule has 4 nitrogen and oxygen atoms in total. The van der Waals surface area contributed by atoms with Gasteiger partial charge in [-0.3, -0.25) is 0 Å². The van der Waals surface area contributed by atoms with Crippen LogP contribution in [0.1, 0.15) is 12.8 Å². The van der Waals surface area contributed by atoms with Crippen LogP contribution in [-0.4, -0.2) is 34.5 Å². The number of hydrogen-bond donors (Lipinski definition) is 1. The smallest absolute Gasteiger partial charge is 0.151 e. The zero-order chi connectivity index (χ0) is 9.97. The van der Waals surface area contributed by atoms with Crippen molar-refractivity contribution in [2.75, 3.05) is 18.0 Å². The van der Waals surface area contributed by atoms with Gasteiger partial charge in [0.1, 0.15) is 0 Å². The van der Waals surface area contributed by atoms with E-state index in [1.165, 1.54) is 0 Å². The summed E-state index contributed by atoms with van der Waals surface area (Å²) in [5.41, 5.74) is 0. The molecule has 0 bridgehead atoms. The molecule has 1 saturated heterocycles. The standard InChI is InChI=1S/C9H12ClN3O/c10-8-1-2-9(12-11-8)13-5-3-7(14)4-6-13/h1-2,7,14H,3-6H2. The van der Waals surface area contributed by atoms with Gasteiger partial charge in [0, 0.05) is 13.1 Å². The minimum Gasteiger partial charge on any atom is -0.393 e. The first-order valence-corrected chi connectivity index (χ1v) is 5.06. The highest BCUT2D eigenvalue weighted by Gasteiger charge is 2.17. The zero-order valence-corrected chi connectivity index (χ0v) is 8.48. The van der Waals surface area contributed by atoms with E-state index in [0.717, 1.165) is 31.7 Å². The number of hydrogen-bond acceptors (Lipinski definition) is 4. The molecule has 76 valence electrons. The first-order valence-electron chi connectivity index (χ1n) is 4.68. The molecule has 2 rings (SSSR count). The molecule has 0 spiro atoms. The van der Waals surface area contributed by atoms with Crippen LogP contribution in [0.25, 0.3) is 0 Å². The van der Waals surface area contributed by atoms with Gasteiger partial charge in [-0.25, -0.2) is 0 Å². The second-order valence-electron chi connectivity index (χ2n) is 3.43. The number of nitrogens with zero attached hydrogens (tertiary/aromatic N) is 3. The maximum Gasteiger partial charge on any atom is 0.151 e. The molecule has 14 heavy (non-hydrogen) atoms. The Morgan fingerprint density at radius 1 is 1.29 bits per heavy atom. The summed E-state index contributed by atoms with van der Waals surface area (Å²) < 4.78 is 0. The van der Waals surface area contributed by atoms with Crippen molar-refractivity contribution in [3.05, 3.63) is 17.3 Å². The lowest BCUT2D eigenvalue weighted by atomic mass is 10.1. The summed E-state index contributed by atoms with van der Waals surface area (Å²) >= 11 is 5.64. The van der Waals surface area contributed by atoms with Gasteiger partial charge in [-0.05, 0) is 25.0 Å². The Balaban J connectivity index is 2.05. The molecule has 1 aromatic heterocycles. The minimum atomic E-state index is -0.161. The largest absolute Gasteiger partial charge is 0.393 e. The van der Waals surface area contributed by atoms with E-state index in [4.69, 9.17) is 11.6 Å². The molecule has 0 radical (unpaired) electrons. The summed E-state index contributed by atoms with van der Waals surface area (Å²) in [5.74, 6) is 0.835. The fourth-order valence-electron chi connectivity index (χ4n) is 1.57. The van der Waals surface area contributed by atoms with Crippen molar-refractivity contribution in [1.29, 1.82) is 0 Å². The quantitative estimate of drug-likeness (QED) is 0.759. The van der Waals surface area contributed by atoms with Crippen LogP contribution in [0.4, 0.5) is 5.82 Å². The van der Waals surface area contributed by atoms with Crippen LogP contribution >= 0.6 is 11.6 Å². The van der Waals surface area contributed by atoms with Crippen LogP contribution < -0.4 is 4.90 Å². The van der Waals surface area contributed by atoms with E-state index in [0.29, 0.717) is 5.15 Å². The topological polar surface area (TPSA) is 49.2 Å². The van der Waals surface area contributed by atoms with Crippen molar-refractivity contribution >= 4 is 17.4 Å². The summed E-state index contributed by atoms with van der Waals surface area (Å²) in [5, 5.41) is 17.5. The third-order valence-corrected chi connectivity index (χ3v) is 2.61. The number of anilines is 1. The third kappa shape index (κ3) is 2.13. The molecule has 0 aromatic carbocycles. The Kier molecular flexibility index (Phi) is 2.84. The molecule has 1 aliphatic rings. The van der Waals surface area contributed by atoms with Crippen LogP contribution in [0.2, 0.25) is 5.15 Å². The average Bonchev–Trinajstić information content (AvgIpc) is 2.21. The molecule has 2 heterocycles. The first-order chi connectivity index (χ1) is 6.75. The monoisotopic (exact) mass is 213 g/mol. The van der Waals surface area contributed by atoms with Crippen LogP contribution in [0, 0.1) is 0 Å². The molecule has 0 atom stereocenters. The predicted molar refractivity (Wildman–Crippen MR) is 54.5 cm³/mol. The van der Waals surface area contributed by atoms with Gasteiger partial charge >= 0.3 is 0 Å². The van der Waals surface area contributed by atoms with E-state index >= 15 is 0 Å². The van der Waals surface area contributed by atoms with Crippen molar-refractivity contribution in [3.8, 4) is 0 Å². The summed E-state index contributed by atoms with van der Waals surface area (Å²) in [4.78, 5) is 2.11. The second-order valence-corrected chi connectivity index (χ2v) is 3.82. The Morgan fingerprint density at radius 3 is 2.57 bits per heavy atom. The van der Waals surface area contributed by atoms with Gasteiger partial charge in [0.05, 0.1) is 6.10 Å². The lowest BCUT2D eigenvalue weighted by Crippen LogP contribution is -2.36. The van der Waals surface area contributed by atoms with Crippen molar-refractivity contribution in [2.45, 2.75) is 18.9 Å². The van der Waals surface area contributed by atoms with Gasteiger partial charge in [-0.1, -0.05) is 11.6 Å². The number of rotatable bonds is 1. The molecule has 1 fully saturated rings. The van der Waals surface area contributed by atoms with Gasteiger partial charge in [-0.15, -0.1) is 10.2 Å². The molecule has 1 N–H and O–H groups in total. The van der Waals surface area contributed by atoms with Crippen molar-refractivity contribution < 1.29 is 5.11 Å². The second kappa shape index (κ2) is 4.11. The number of piperidine rings is 1. The number of aliphatic hydroxyl groups excluding tert-OH is 1. The highest BCUT2D eigenvalue weighted by Crippen LogP contribution is 2.17. The molecule has 0 aliphatic carbocycles. The highest BCUT2D eigenvalue weighted by atomic mass is 35.5. The Bertz CT molecular complexity index is 295. The summed E-state index contributed by atoms with van der Waals surface area (Å²) in [6.45, 7) is 1.66. The zero-order valence-electron chi connectivity index (χ0n) is 7.73. The summed E-state index contributed by atoms with van der Waals surface area (Å²) in [6, 6.07) is 3.59. The average molecular weight is 214 g/mol. The molecule has 1 aromatic rings. The molecule has 5 heteroatoms. The van der Waals surface area contributed by atoms with Crippen molar-refractivity contribution in [3.63, 3.8) is 0 Å². The Morgan fingerprint density at radius 2 is 2.00 bits per heavy atom. The van der Waals surface area contributed by atoms with E-state index < -0.39 is 0 Å². The number of aromatic nitrogens is 2. The van der Waals surface area contributed by atoms with Gasteiger partial charge < -0.3 is 10.0 Å². The van der Waals surface area contributed by atoms with E-state index in [-0.39, 0.29) is 6.10 Å². The first kappa shape index (κ1) is 9.68. The van der Waals surface area contributed by atoms with Crippen LogP contribution in [-0.2, 0) is 0 Å². The molecular formula is C9H12ClN3O. The predicted octanol–water partition coefficient (Wildman–Crippen LogP) is 1.09. The van der Waals surface area contributed by atoms with Gasteiger partial charge in [0.15, 0.2) is 11.0 Å². The van der Waals surface area contributed by atoms with Gasteiger partial charge in [0.25, 0.3) is 0 Å². The number of halogens is 1. The Labute approximate surface area is 87.5 Å². The SMILES string of the molecule is OC1CCN(c2ccc(Cl)nn2)CC1.